The Hall–Kier alpha value is -4.74. The van der Waals surface area contributed by atoms with Gasteiger partial charge in [0.25, 0.3) is 0 Å². The van der Waals surface area contributed by atoms with Gasteiger partial charge in [0.2, 0.25) is 11.8 Å². The van der Waals surface area contributed by atoms with E-state index >= 15 is 4.39 Å². The summed E-state index contributed by atoms with van der Waals surface area (Å²) in [6, 6.07) is 18.7. The normalized spacial score (nSPS) is 23.5. The molecule has 10 rings (SSSR count). The highest BCUT2D eigenvalue weighted by Crippen LogP contribution is 2.51. The minimum atomic E-state index is -0.504. The summed E-state index contributed by atoms with van der Waals surface area (Å²) in [5, 5.41) is 24.8. The van der Waals surface area contributed by atoms with Crippen molar-refractivity contribution in [2.24, 2.45) is 11.8 Å². The van der Waals surface area contributed by atoms with Gasteiger partial charge >= 0.3 is 0 Å². The van der Waals surface area contributed by atoms with Gasteiger partial charge in [-0.2, -0.15) is 10.5 Å². The molecule has 5 fully saturated rings. The van der Waals surface area contributed by atoms with E-state index in [1.165, 1.54) is 0 Å². The molecule has 5 aromatic rings. The van der Waals surface area contributed by atoms with Crippen molar-refractivity contribution in [2.45, 2.75) is 69.7 Å². The fourth-order valence-electron chi connectivity index (χ4n) is 8.78. The van der Waals surface area contributed by atoms with Crippen LogP contribution >= 0.6 is 23.2 Å². The van der Waals surface area contributed by atoms with E-state index < -0.39 is 5.82 Å². The number of likely N-dealkylation sites (tertiary alicyclic amines) is 1. The zero-order chi connectivity index (χ0) is 35.8. The van der Waals surface area contributed by atoms with E-state index in [1.54, 1.807) is 36.4 Å². The number of fused-ring (bicyclic) bond motifs is 4. The molecule has 3 aliphatic heterocycles. The van der Waals surface area contributed by atoms with Gasteiger partial charge in [-0.25, -0.2) is 14.4 Å². The number of amides is 1. The maximum Gasteiger partial charge on any atom is 0.226 e. The predicted octanol–water partition coefficient (Wildman–Crippen LogP) is 8.00. The Morgan fingerprint density at radius 1 is 1.10 bits per heavy atom. The number of rotatable bonds is 8. The first-order valence-corrected chi connectivity index (χ1v) is 18.6. The topological polar surface area (TPSA) is 120 Å². The Bertz CT molecular complexity index is 2380. The lowest BCUT2D eigenvalue weighted by atomic mass is 9.79. The number of aryl methyl sites for hydroxylation is 2. The van der Waals surface area contributed by atoms with Crippen molar-refractivity contribution in [1.29, 1.82) is 10.5 Å². The summed E-state index contributed by atoms with van der Waals surface area (Å²) in [4.78, 5) is 25.2. The van der Waals surface area contributed by atoms with Gasteiger partial charge in [0.15, 0.2) is 5.82 Å². The highest BCUT2D eigenvalue weighted by atomic mass is 35.5. The zero-order valence-electron chi connectivity index (χ0n) is 28.4. The first-order chi connectivity index (χ1) is 25.2. The van der Waals surface area contributed by atoms with E-state index in [-0.39, 0.29) is 58.7 Å². The molecule has 3 saturated heterocycles. The molecule has 262 valence electrons. The summed E-state index contributed by atoms with van der Waals surface area (Å²) in [5.41, 5.74) is 4.45. The van der Waals surface area contributed by atoms with E-state index in [1.807, 2.05) is 17.9 Å². The average Bonchev–Trinajstić information content (AvgIpc) is 3.43. The van der Waals surface area contributed by atoms with Crippen molar-refractivity contribution < 1.29 is 13.9 Å². The van der Waals surface area contributed by atoms with Gasteiger partial charge in [-0.05, 0) is 68.4 Å². The summed E-state index contributed by atoms with van der Waals surface area (Å²) in [6.45, 7) is 3.18. The maximum absolute atomic E-state index is 17.2. The molecule has 0 radical (unpaired) electrons. The van der Waals surface area contributed by atoms with Crippen LogP contribution in [0.3, 0.4) is 0 Å². The number of halogens is 3. The number of pyridine rings is 2. The smallest absolute Gasteiger partial charge is 0.226 e. The predicted molar refractivity (Wildman–Crippen MR) is 195 cm³/mol. The molecular formula is C40H34Cl2FN7O2. The number of ether oxygens (including phenoxy) is 1. The molecule has 2 aromatic carbocycles. The van der Waals surface area contributed by atoms with E-state index in [0.29, 0.717) is 64.0 Å². The Labute approximate surface area is 309 Å². The van der Waals surface area contributed by atoms with Crippen LogP contribution in [0.4, 0.5) is 4.39 Å². The number of aromatic nitrogens is 3. The van der Waals surface area contributed by atoms with Crippen molar-refractivity contribution >= 4 is 50.9 Å². The Morgan fingerprint density at radius 3 is 2.65 bits per heavy atom. The number of nitrogens with one attached hydrogen (secondary N) is 1. The van der Waals surface area contributed by atoms with Crippen molar-refractivity contribution in [3.05, 3.63) is 87.0 Å². The van der Waals surface area contributed by atoms with Gasteiger partial charge in [-0.1, -0.05) is 41.4 Å². The molecule has 2 saturated carbocycles. The highest BCUT2D eigenvalue weighted by molar-refractivity contribution is 6.43. The quantitative estimate of drug-likeness (QED) is 0.172. The largest absolute Gasteiger partial charge is 0.472 e. The molecule has 5 atom stereocenters. The van der Waals surface area contributed by atoms with Crippen molar-refractivity contribution in [3.63, 3.8) is 0 Å². The molecule has 1 N–H and O–H groups in total. The van der Waals surface area contributed by atoms with Crippen LogP contribution in [-0.2, 0) is 11.2 Å². The van der Waals surface area contributed by atoms with Crippen LogP contribution in [0.1, 0.15) is 66.8 Å². The maximum atomic E-state index is 17.2. The molecule has 3 aromatic heterocycles. The first kappa shape index (κ1) is 33.1. The lowest BCUT2D eigenvalue weighted by molar-refractivity contribution is -0.133. The molecule has 2 aliphatic carbocycles. The number of benzene rings is 2. The fourth-order valence-corrected chi connectivity index (χ4v) is 9.18. The minimum absolute atomic E-state index is 0.00146. The van der Waals surface area contributed by atoms with Gasteiger partial charge in [-0.15, -0.1) is 0 Å². The third-order valence-electron chi connectivity index (χ3n) is 11.4. The van der Waals surface area contributed by atoms with E-state index in [0.717, 1.165) is 42.4 Å². The fraction of sp³-hybridized carbons (Fsp3) is 0.375. The van der Waals surface area contributed by atoms with Gasteiger partial charge in [0, 0.05) is 70.7 Å². The third kappa shape index (κ3) is 5.31. The van der Waals surface area contributed by atoms with Gasteiger partial charge < -0.3 is 19.5 Å². The second kappa shape index (κ2) is 12.7. The second-order valence-corrected chi connectivity index (χ2v) is 15.3. The molecule has 0 unspecified atom stereocenters. The Balaban J connectivity index is 1.25. The minimum Gasteiger partial charge on any atom is -0.472 e. The number of nitrogens with zero attached hydrogens (tertiary/aromatic N) is 6. The van der Waals surface area contributed by atoms with Crippen molar-refractivity contribution in [1.82, 2.24) is 24.8 Å². The van der Waals surface area contributed by atoms with Crippen LogP contribution in [0, 0.1) is 47.2 Å². The summed E-state index contributed by atoms with van der Waals surface area (Å²) in [7, 11) is 0. The molecule has 12 heteroatoms. The SMILES string of the molecule is Cc1nc2c(F)c(-c3cccc(Cl)c3Cl)c(CCC#N)cc2c2c1cc([C@H]1C[C@H](Oc3cccc(C#N)n3)CN1C(=O)C1CC1)n2[C@H]1[C@H]2CN[C@@H]1C2. The number of hydrogen-bond acceptors (Lipinski definition) is 7. The second-order valence-electron chi connectivity index (χ2n) is 14.5. The monoisotopic (exact) mass is 733 g/mol. The lowest BCUT2D eigenvalue weighted by Crippen LogP contribution is -2.41. The Morgan fingerprint density at radius 2 is 1.92 bits per heavy atom. The lowest BCUT2D eigenvalue weighted by Gasteiger charge is -2.39. The molecule has 0 spiro atoms. The third-order valence-corrected chi connectivity index (χ3v) is 12.2. The van der Waals surface area contributed by atoms with Crippen LogP contribution in [0.2, 0.25) is 10.0 Å². The number of carbonyl (C=O) groups excluding carboxylic acids is 1. The van der Waals surface area contributed by atoms with Crippen LogP contribution in [0.25, 0.3) is 32.9 Å². The van der Waals surface area contributed by atoms with Gasteiger partial charge in [0.05, 0.1) is 40.3 Å². The molecular weight excluding hydrogens is 700 g/mol. The van der Waals surface area contributed by atoms with Crippen LogP contribution < -0.4 is 10.1 Å². The summed E-state index contributed by atoms with van der Waals surface area (Å²) in [5.74, 6) is 0.351. The molecule has 6 heterocycles. The molecule has 9 nitrogen and oxygen atoms in total. The zero-order valence-corrected chi connectivity index (χ0v) is 29.9. The molecule has 1 amide bonds. The van der Waals surface area contributed by atoms with Crippen LogP contribution in [0.5, 0.6) is 5.88 Å². The van der Waals surface area contributed by atoms with Crippen LogP contribution in [-0.4, -0.2) is 50.6 Å². The van der Waals surface area contributed by atoms with Gasteiger partial charge in [-0.3, -0.25) is 4.79 Å². The number of nitriles is 2. The van der Waals surface area contributed by atoms with Crippen molar-refractivity contribution in [2.75, 3.05) is 13.1 Å². The standard InChI is InChI=1S/C40H34Cl2FN7O2/c1-20-27-16-32(31-15-25(19-49(31)40(51)21-10-11-21)52-33-9-2-6-24(17-45)48-33)50(38-23-14-30(38)46-18-23)39(27)28-13-22(5-4-12-44)34(36(43)37(28)47-20)26-7-3-8-29(41)35(26)42/h2-3,6-9,13,16,21,23,25,30-31,38,46H,4-5,10-11,14-15,18-19H2,1H3/t23-,25+,30-,31-,38+/m1/s1. The van der Waals surface area contributed by atoms with E-state index in [9.17, 15) is 15.3 Å². The van der Waals surface area contributed by atoms with Crippen LogP contribution in [0.15, 0.2) is 48.5 Å². The van der Waals surface area contributed by atoms with Crippen molar-refractivity contribution in [3.8, 4) is 29.1 Å². The first-order valence-electron chi connectivity index (χ1n) is 17.8. The Kier molecular flexibility index (Phi) is 8.11. The molecule has 52 heavy (non-hydrogen) atoms. The summed E-state index contributed by atoms with van der Waals surface area (Å²) < 4.78 is 25.9. The van der Waals surface area contributed by atoms with E-state index in [4.69, 9.17) is 32.9 Å². The average molecular weight is 735 g/mol. The summed E-state index contributed by atoms with van der Waals surface area (Å²) >= 11 is 13.1. The number of hydrogen-bond donors (Lipinski definition) is 1. The summed E-state index contributed by atoms with van der Waals surface area (Å²) in [6.07, 6.45) is 3.49. The highest BCUT2D eigenvalue weighted by Gasteiger charge is 2.51. The van der Waals surface area contributed by atoms with E-state index in [2.05, 4.69) is 33.1 Å². The molecule has 2 bridgehead atoms. The van der Waals surface area contributed by atoms with Gasteiger partial charge in [0.1, 0.15) is 23.4 Å². The molecule has 5 aliphatic rings. The number of carbonyl (C=O) groups is 1.